The van der Waals surface area contributed by atoms with Gasteiger partial charge in [0.25, 0.3) is 5.91 Å². The smallest absolute Gasteiger partial charge is 0.410 e. The van der Waals surface area contributed by atoms with Crippen LogP contribution in [0.4, 0.5) is 18.0 Å². The Morgan fingerprint density at radius 1 is 0.865 bits per heavy atom. The monoisotopic (exact) mass is 730 g/mol. The molecule has 2 amide bonds. The second-order valence-electron chi connectivity index (χ2n) is 16.4. The van der Waals surface area contributed by atoms with E-state index in [9.17, 15) is 14.0 Å². The first-order valence-electron chi connectivity index (χ1n) is 18.6. The van der Waals surface area contributed by atoms with Gasteiger partial charge >= 0.3 is 6.09 Å². The second-order valence-corrected chi connectivity index (χ2v) is 21.9. The van der Waals surface area contributed by atoms with Crippen LogP contribution in [-0.2, 0) is 11.3 Å². The minimum Gasteiger partial charge on any atom is -0.444 e. The summed E-state index contributed by atoms with van der Waals surface area (Å²) in [6.45, 7) is 20.0. The summed E-state index contributed by atoms with van der Waals surface area (Å²) in [4.78, 5) is 29.8. The van der Waals surface area contributed by atoms with Gasteiger partial charge in [-0.3, -0.25) is 4.79 Å². The van der Waals surface area contributed by atoms with Crippen LogP contribution in [0, 0.1) is 28.9 Å². The first-order valence-corrected chi connectivity index (χ1v) is 20.8. The molecular weight excluding hydrogens is 678 g/mol. The molecule has 0 N–H and O–H groups in total. The standard InChI is InChI=1S/C43H53F3N2O3Si/c1-27(2)52(28(3)4,29(5)6)22-10-11-40(36-25-34(44)16-17-38(36)45)48-26-37-35(41(48)49)23-33(24-39(37)46)31-14-12-30(13-15-31)32-18-20-47(21-19-32)42(50)51-43(7,8)9/h12-17,23-25,27-29,32,40H,11,18-21,26H2,1-9H3. The van der Waals surface area contributed by atoms with Crippen LogP contribution in [0.1, 0.15) is 121 Å². The predicted molar refractivity (Wildman–Crippen MR) is 204 cm³/mol. The zero-order valence-electron chi connectivity index (χ0n) is 32.1. The van der Waals surface area contributed by atoms with E-state index >= 15 is 8.78 Å². The summed E-state index contributed by atoms with van der Waals surface area (Å²) in [6, 6.07) is 13.4. The number of rotatable bonds is 8. The number of nitrogens with zero attached hydrogens (tertiary/aromatic N) is 2. The van der Waals surface area contributed by atoms with Crippen molar-refractivity contribution in [3.63, 3.8) is 0 Å². The summed E-state index contributed by atoms with van der Waals surface area (Å²) in [5.41, 5.74) is 7.20. The summed E-state index contributed by atoms with van der Waals surface area (Å²) in [5, 5.41) is 0. The minimum absolute atomic E-state index is 0.0366. The number of carbonyl (C=O) groups is 2. The maximum absolute atomic E-state index is 15.9. The zero-order chi connectivity index (χ0) is 38.1. The molecular formula is C43H53F3N2O3Si. The molecule has 3 aromatic carbocycles. The van der Waals surface area contributed by atoms with Crippen LogP contribution in [0.3, 0.4) is 0 Å². The Bertz CT molecular complexity index is 1830. The number of amides is 2. The second kappa shape index (κ2) is 15.5. The van der Waals surface area contributed by atoms with E-state index in [-0.39, 0.29) is 41.7 Å². The molecule has 1 unspecified atom stereocenters. The topological polar surface area (TPSA) is 49.9 Å². The molecule has 2 aliphatic heterocycles. The molecule has 0 aromatic heterocycles. The highest BCUT2D eigenvalue weighted by Crippen LogP contribution is 2.42. The lowest BCUT2D eigenvalue weighted by Crippen LogP contribution is -2.43. The summed E-state index contributed by atoms with van der Waals surface area (Å²) < 4.78 is 51.3. The number of piperidine rings is 1. The van der Waals surface area contributed by atoms with Crippen LogP contribution in [0.15, 0.2) is 54.6 Å². The van der Waals surface area contributed by atoms with Gasteiger partial charge in [-0.05, 0) is 103 Å². The van der Waals surface area contributed by atoms with E-state index < -0.39 is 43.1 Å². The van der Waals surface area contributed by atoms with E-state index in [1.54, 1.807) is 11.0 Å². The van der Waals surface area contributed by atoms with Gasteiger partial charge < -0.3 is 14.5 Å². The molecule has 0 radical (unpaired) electrons. The van der Waals surface area contributed by atoms with Gasteiger partial charge in [-0.2, -0.15) is 0 Å². The zero-order valence-corrected chi connectivity index (χ0v) is 33.1. The lowest BCUT2D eigenvalue weighted by atomic mass is 9.88. The lowest BCUT2D eigenvalue weighted by molar-refractivity contribution is 0.0204. The van der Waals surface area contributed by atoms with Gasteiger partial charge in [-0.1, -0.05) is 65.8 Å². The molecule has 1 fully saturated rings. The van der Waals surface area contributed by atoms with E-state index in [4.69, 9.17) is 4.74 Å². The van der Waals surface area contributed by atoms with Crippen LogP contribution in [0.5, 0.6) is 0 Å². The van der Waals surface area contributed by atoms with Gasteiger partial charge in [0, 0.05) is 36.2 Å². The SMILES string of the molecule is CC(C)[Si](C#CCC(c1cc(F)ccc1F)N1Cc2c(F)cc(-c3ccc(C4CCN(C(=O)OC(C)(C)C)CC4)cc3)cc2C1=O)(C(C)C)C(C)C. The maximum Gasteiger partial charge on any atom is 0.410 e. The van der Waals surface area contributed by atoms with Crippen LogP contribution in [0.2, 0.25) is 16.6 Å². The number of ether oxygens (including phenoxy) is 1. The number of carbonyl (C=O) groups excluding carboxylic acids is 2. The highest BCUT2D eigenvalue weighted by Gasteiger charge is 2.42. The fourth-order valence-corrected chi connectivity index (χ4v) is 13.6. The first kappa shape index (κ1) is 39.2. The van der Waals surface area contributed by atoms with Gasteiger partial charge in [0.15, 0.2) is 0 Å². The molecule has 0 aliphatic carbocycles. The van der Waals surface area contributed by atoms with Crippen LogP contribution < -0.4 is 0 Å². The van der Waals surface area contributed by atoms with Crippen molar-refractivity contribution in [2.45, 2.75) is 122 Å². The van der Waals surface area contributed by atoms with Gasteiger partial charge in [0.05, 0.1) is 12.6 Å². The molecule has 0 spiro atoms. The highest BCUT2D eigenvalue weighted by atomic mass is 28.3. The molecule has 2 heterocycles. The summed E-state index contributed by atoms with van der Waals surface area (Å²) in [7, 11) is -2.14. The molecule has 1 atom stereocenters. The van der Waals surface area contributed by atoms with E-state index in [0.29, 0.717) is 35.3 Å². The van der Waals surface area contributed by atoms with E-state index in [1.165, 1.54) is 11.0 Å². The third kappa shape index (κ3) is 8.12. The molecule has 5 rings (SSSR count). The molecule has 0 bridgehead atoms. The summed E-state index contributed by atoms with van der Waals surface area (Å²) in [5.74, 6) is 1.44. The Morgan fingerprint density at radius 3 is 2.06 bits per heavy atom. The Balaban J connectivity index is 1.39. The molecule has 5 nitrogen and oxygen atoms in total. The number of likely N-dealkylation sites (tertiary alicyclic amines) is 1. The largest absolute Gasteiger partial charge is 0.444 e. The average molecular weight is 731 g/mol. The molecule has 1 saturated heterocycles. The van der Waals surface area contributed by atoms with Crippen molar-refractivity contribution in [2.75, 3.05) is 13.1 Å². The number of hydrogen-bond acceptors (Lipinski definition) is 3. The van der Waals surface area contributed by atoms with Crippen molar-refractivity contribution in [2.24, 2.45) is 0 Å². The third-order valence-corrected chi connectivity index (χ3v) is 17.4. The quantitative estimate of drug-likeness (QED) is 0.171. The fourth-order valence-electron chi connectivity index (χ4n) is 8.36. The maximum atomic E-state index is 15.9. The highest BCUT2D eigenvalue weighted by molar-refractivity contribution is 6.90. The average Bonchev–Trinajstić information content (AvgIpc) is 3.41. The lowest BCUT2D eigenvalue weighted by Gasteiger charge is -2.38. The molecule has 0 saturated carbocycles. The molecule has 2 aliphatic rings. The van der Waals surface area contributed by atoms with Crippen LogP contribution in [-0.4, -0.2) is 48.6 Å². The normalized spacial score (nSPS) is 16.0. The van der Waals surface area contributed by atoms with E-state index in [0.717, 1.165) is 42.2 Å². The van der Waals surface area contributed by atoms with Crippen LogP contribution in [0.25, 0.3) is 11.1 Å². The first-order chi connectivity index (χ1) is 24.4. The van der Waals surface area contributed by atoms with Crippen molar-refractivity contribution in [1.29, 1.82) is 0 Å². The Kier molecular flexibility index (Phi) is 11.7. The van der Waals surface area contributed by atoms with Gasteiger partial charge in [0.2, 0.25) is 0 Å². The molecule has 52 heavy (non-hydrogen) atoms. The van der Waals surface area contributed by atoms with Gasteiger partial charge in [-0.25, -0.2) is 18.0 Å². The van der Waals surface area contributed by atoms with E-state index in [2.05, 4.69) is 53.0 Å². The molecule has 9 heteroatoms. The number of halogens is 3. The predicted octanol–water partition coefficient (Wildman–Crippen LogP) is 11.2. The summed E-state index contributed by atoms with van der Waals surface area (Å²) in [6.07, 6.45) is 1.43. The van der Waals surface area contributed by atoms with E-state index in [1.807, 2.05) is 45.0 Å². The van der Waals surface area contributed by atoms with Crippen molar-refractivity contribution in [3.05, 3.63) is 94.3 Å². The molecule has 278 valence electrons. The van der Waals surface area contributed by atoms with Crippen molar-refractivity contribution in [3.8, 4) is 22.6 Å². The van der Waals surface area contributed by atoms with Crippen molar-refractivity contribution >= 4 is 20.1 Å². The summed E-state index contributed by atoms with van der Waals surface area (Å²) >= 11 is 0. The third-order valence-electron chi connectivity index (χ3n) is 11.0. The Labute approximate surface area is 308 Å². The Morgan fingerprint density at radius 2 is 1.48 bits per heavy atom. The van der Waals surface area contributed by atoms with Crippen molar-refractivity contribution < 1.29 is 27.5 Å². The fraction of sp³-hybridized carbons (Fsp3) is 0.488. The minimum atomic E-state index is -2.14. The number of benzene rings is 3. The van der Waals surface area contributed by atoms with Gasteiger partial charge in [0.1, 0.15) is 31.1 Å². The molecule has 3 aromatic rings. The number of fused-ring (bicyclic) bond motifs is 1. The number of hydrogen-bond donors (Lipinski definition) is 0. The van der Waals surface area contributed by atoms with Crippen molar-refractivity contribution in [1.82, 2.24) is 9.80 Å². The Hall–Kier alpha value is -4.03. The van der Waals surface area contributed by atoms with Crippen LogP contribution >= 0.6 is 0 Å². The van der Waals surface area contributed by atoms with Gasteiger partial charge in [-0.15, -0.1) is 11.5 Å².